The third kappa shape index (κ3) is 3.32. The fraction of sp³-hybridized carbons (Fsp3) is 1.00. The predicted octanol–water partition coefficient (Wildman–Crippen LogP) is 3.27. The molecule has 0 bridgehead atoms. The van der Waals surface area contributed by atoms with Crippen molar-refractivity contribution in [3.8, 4) is 0 Å². The van der Waals surface area contributed by atoms with Crippen molar-refractivity contribution in [1.29, 1.82) is 0 Å². The fourth-order valence-electron chi connectivity index (χ4n) is 0.546. The van der Waals surface area contributed by atoms with E-state index in [0.717, 1.165) is 0 Å². The minimum atomic E-state index is -0.179. The molecule has 0 radical (unpaired) electrons. The highest BCUT2D eigenvalue weighted by atomic mass is 35.5. The first kappa shape index (κ1) is 9.58. The van der Waals surface area contributed by atoms with Gasteiger partial charge in [0, 0.05) is 10.3 Å². The largest absolute Gasteiger partial charge is 0.123 e. The number of hydrogen-bond donors (Lipinski definition) is 0. The Hall–Kier alpha value is 0.580. The molecule has 0 heterocycles. The van der Waals surface area contributed by atoms with E-state index in [4.69, 9.17) is 23.2 Å². The van der Waals surface area contributed by atoms with Crippen molar-refractivity contribution in [2.45, 2.75) is 37.9 Å². The zero-order valence-electron chi connectivity index (χ0n) is 6.41. The zero-order valence-corrected chi connectivity index (χ0v) is 7.92. The van der Waals surface area contributed by atoms with Gasteiger partial charge in [0.1, 0.15) is 0 Å². The Morgan fingerprint density at radius 2 is 1.56 bits per heavy atom. The maximum atomic E-state index is 5.99. The van der Waals surface area contributed by atoms with Gasteiger partial charge in [0.15, 0.2) is 0 Å². The summed E-state index contributed by atoms with van der Waals surface area (Å²) < 4.78 is 0. The summed E-state index contributed by atoms with van der Waals surface area (Å²) in [6.45, 7) is 8.00. The van der Waals surface area contributed by atoms with E-state index < -0.39 is 0 Å². The standard InChI is InChI=1S/C7H14Cl2/c1-5(6(2)8)7(3,4)9/h5-6H,1-4H3. The smallest absolute Gasteiger partial charge is 0.0430 e. The molecule has 0 N–H and O–H groups in total. The summed E-state index contributed by atoms with van der Waals surface area (Å²) in [7, 11) is 0. The Morgan fingerprint density at radius 1 is 1.22 bits per heavy atom. The molecule has 0 saturated heterocycles. The molecule has 0 aromatic carbocycles. The van der Waals surface area contributed by atoms with Crippen LogP contribution < -0.4 is 0 Å². The monoisotopic (exact) mass is 168 g/mol. The minimum Gasteiger partial charge on any atom is -0.123 e. The van der Waals surface area contributed by atoms with Crippen molar-refractivity contribution >= 4 is 23.2 Å². The normalized spacial score (nSPS) is 19.3. The Balaban J connectivity index is 3.88. The van der Waals surface area contributed by atoms with Crippen molar-refractivity contribution < 1.29 is 0 Å². The molecule has 0 aliphatic rings. The highest BCUT2D eigenvalue weighted by Gasteiger charge is 2.26. The quantitative estimate of drug-likeness (QED) is 0.556. The molecule has 2 atom stereocenters. The van der Waals surface area contributed by atoms with E-state index in [1.807, 2.05) is 20.8 Å². The van der Waals surface area contributed by atoms with Gasteiger partial charge in [-0.3, -0.25) is 0 Å². The van der Waals surface area contributed by atoms with E-state index in [0.29, 0.717) is 5.92 Å². The second-order valence-electron chi connectivity index (χ2n) is 3.03. The minimum absolute atomic E-state index is 0.150. The number of halogens is 2. The van der Waals surface area contributed by atoms with E-state index in [2.05, 4.69) is 6.92 Å². The van der Waals surface area contributed by atoms with E-state index in [9.17, 15) is 0 Å². The van der Waals surface area contributed by atoms with Gasteiger partial charge in [0.2, 0.25) is 0 Å². The zero-order chi connectivity index (χ0) is 7.65. The van der Waals surface area contributed by atoms with Crippen LogP contribution in [0.25, 0.3) is 0 Å². The van der Waals surface area contributed by atoms with Gasteiger partial charge < -0.3 is 0 Å². The number of alkyl halides is 2. The molecule has 2 heteroatoms. The average molecular weight is 169 g/mol. The summed E-state index contributed by atoms with van der Waals surface area (Å²) in [6.07, 6.45) is 0. The lowest BCUT2D eigenvalue weighted by atomic mass is 9.94. The summed E-state index contributed by atoms with van der Waals surface area (Å²) in [4.78, 5) is -0.179. The molecule has 2 unspecified atom stereocenters. The van der Waals surface area contributed by atoms with Crippen LogP contribution in [0.15, 0.2) is 0 Å². The molecule has 0 amide bonds. The van der Waals surface area contributed by atoms with Crippen LogP contribution in [0, 0.1) is 5.92 Å². The van der Waals surface area contributed by atoms with Crippen molar-refractivity contribution in [1.82, 2.24) is 0 Å². The van der Waals surface area contributed by atoms with Crippen LogP contribution in [0.4, 0.5) is 0 Å². The summed E-state index contributed by atoms with van der Waals surface area (Å²) in [5.41, 5.74) is 0. The molecular formula is C7H14Cl2. The molecule has 0 aromatic rings. The Bertz CT molecular complexity index is 81.4. The molecule has 0 nitrogen and oxygen atoms in total. The number of rotatable bonds is 2. The Kier molecular flexibility index (Phi) is 3.32. The van der Waals surface area contributed by atoms with Gasteiger partial charge in [-0.1, -0.05) is 6.92 Å². The van der Waals surface area contributed by atoms with Crippen LogP contribution in [0.2, 0.25) is 0 Å². The molecule has 9 heavy (non-hydrogen) atoms. The van der Waals surface area contributed by atoms with Crippen LogP contribution in [0.3, 0.4) is 0 Å². The van der Waals surface area contributed by atoms with Gasteiger partial charge in [-0.2, -0.15) is 0 Å². The Morgan fingerprint density at radius 3 is 1.56 bits per heavy atom. The van der Waals surface area contributed by atoms with Crippen molar-refractivity contribution in [3.63, 3.8) is 0 Å². The summed E-state index contributed by atoms with van der Waals surface area (Å²) in [5, 5.41) is 0.150. The van der Waals surface area contributed by atoms with E-state index in [-0.39, 0.29) is 10.3 Å². The first-order chi connectivity index (χ1) is 3.85. The molecule has 0 saturated carbocycles. The van der Waals surface area contributed by atoms with Crippen molar-refractivity contribution in [3.05, 3.63) is 0 Å². The molecule has 0 aromatic heterocycles. The lowest BCUT2D eigenvalue weighted by Crippen LogP contribution is -2.27. The van der Waals surface area contributed by atoms with Crippen LogP contribution in [-0.2, 0) is 0 Å². The topological polar surface area (TPSA) is 0 Å². The van der Waals surface area contributed by atoms with Crippen LogP contribution in [0.1, 0.15) is 27.7 Å². The van der Waals surface area contributed by atoms with E-state index in [1.54, 1.807) is 0 Å². The van der Waals surface area contributed by atoms with Crippen LogP contribution in [0.5, 0.6) is 0 Å². The van der Waals surface area contributed by atoms with Crippen LogP contribution >= 0.6 is 23.2 Å². The first-order valence-electron chi connectivity index (χ1n) is 3.18. The average Bonchev–Trinajstić information content (AvgIpc) is 1.62. The summed E-state index contributed by atoms with van der Waals surface area (Å²) in [6, 6.07) is 0. The van der Waals surface area contributed by atoms with Gasteiger partial charge in [-0.05, 0) is 26.7 Å². The SMILES string of the molecule is CC(Cl)C(C)C(C)(C)Cl. The van der Waals surface area contributed by atoms with Crippen LogP contribution in [-0.4, -0.2) is 10.3 Å². The second kappa shape index (κ2) is 3.12. The molecule has 0 aliphatic heterocycles. The third-order valence-corrected chi connectivity index (χ3v) is 2.49. The highest BCUT2D eigenvalue weighted by Crippen LogP contribution is 2.28. The van der Waals surface area contributed by atoms with Crippen molar-refractivity contribution in [2.24, 2.45) is 5.92 Å². The summed E-state index contributed by atoms with van der Waals surface area (Å²) >= 11 is 11.8. The van der Waals surface area contributed by atoms with Crippen molar-refractivity contribution in [2.75, 3.05) is 0 Å². The van der Waals surface area contributed by atoms with Gasteiger partial charge in [-0.25, -0.2) is 0 Å². The predicted molar refractivity (Wildman–Crippen MR) is 44.4 cm³/mol. The highest BCUT2D eigenvalue weighted by molar-refractivity contribution is 6.25. The second-order valence-corrected chi connectivity index (χ2v) is 4.69. The third-order valence-electron chi connectivity index (χ3n) is 1.77. The maximum Gasteiger partial charge on any atom is 0.0430 e. The lowest BCUT2D eigenvalue weighted by molar-refractivity contribution is 0.445. The molecule has 0 rings (SSSR count). The number of hydrogen-bond acceptors (Lipinski definition) is 0. The maximum absolute atomic E-state index is 5.99. The van der Waals surface area contributed by atoms with E-state index in [1.165, 1.54) is 0 Å². The molecule has 56 valence electrons. The first-order valence-corrected chi connectivity index (χ1v) is 4.00. The molecule has 0 fully saturated rings. The van der Waals surface area contributed by atoms with Gasteiger partial charge in [0.05, 0.1) is 0 Å². The van der Waals surface area contributed by atoms with Gasteiger partial charge in [0.25, 0.3) is 0 Å². The Labute approximate surface area is 67.5 Å². The molecule has 0 aliphatic carbocycles. The van der Waals surface area contributed by atoms with E-state index >= 15 is 0 Å². The molecular weight excluding hydrogens is 155 g/mol. The van der Waals surface area contributed by atoms with Gasteiger partial charge in [-0.15, -0.1) is 23.2 Å². The van der Waals surface area contributed by atoms with Gasteiger partial charge >= 0.3 is 0 Å². The fourth-order valence-corrected chi connectivity index (χ4v) is 1.11. The molecule has 0 spiro atoms. The summed E-state index contributed by atoms with van der Waals surface area (Å²) in [5.74, 6) is 0.348. The lowest BCUT2D eigenvalue weighted by Gasteiger charge is -2.26.